The number of nitrogens with one attached hydrogen (secondary N) is 1. The van der Waals surface area contributed by atoms with E-state index >= 15 is 0 Å². The zero-order valence-corrected chi connectivity index (χ0v) is 23.0. The Labute approximate surface area is 232 Å². The van der Waals surface area contributed by atoms with Gasteiger partial charge in [0.2, 0.25) is 10.0 Å². The molecule has 1 aromatic heterocycles. The maximum atomic E-state index is 12.6. The Morgan fingerprint density at radius 1 is 0.974 bits per heavy atom. The zero-order chi connectivity index (χ0) is 27.2. The summed E-state index contributed by atoms with van der Waals surface area (Å²) >= 11 is 1.58. The molecule has 39 heavy (non-hydrogen) atoms. The molecule has 0 saturated carbocycles. The zero-order valence-electron chi connectivity index (χ0n) is 21.4. The Balaban J connectivity index is 1.29. The molecule has 3 aromatic carbocycles. The van der Waals surface area contributed by atoms with Crippen LogP contribution < -0.4 is 4.72 Å². The molecule has 1 fully saturated rings. The minimum Gasteiger partial charge on any atom is -0.392 e. The lowest BCUT2D eigenvalue weighted by Crippen LogP contribution is -2.31. The standard InChI is InChI=1S/C28H30N4O5S2/c1-32-19-29-31-28(32)38-18-24-15-26(22-11-9-21(17-33)10-12-22)37-27(36-24)23-13-7-20(8-14-23)16-30-39(34,35)25-5-3-2-4-6-25/h2-14,19,24,26-27,30,33H,15-18H2,1H3/t24-,26+,27+/m1/s1. The Kier molecular flexibility index (Phi) is 8.75. The first kappa shape index (κ1) is 27.5. The van der Waals surface area contributed by atoms with Gasteiger partial charge in [-0.25, -0.2) is 13.1 Å². The third-order valence-electron chi connectivity index (χ3n) is 6.45. The van der Waals surface area contributed by atoms with Crippen LogP contribution in [-0.2, 0) is 39.7 Å². The number of aliphatic hydroxyl groups is 1. The first-order chi connectivity index (χ1) is 18.9. The summed E-state index contributed by atoms with van der Waals surface area (Å²) in [6.45, 7) is 0.156. The van der Waals surface area contributed by atoms with Crippen molar-refractivity contribution in [3.05, 3.63) is 107 Å². The summed E-state index contributed by atoms with van der Waals surface area (Å²) in [5.74, 6) is 0.678. The summed E-state index contributed by atoms with van der Waals surface area (Å²) in [4.78, 5) is 0.230. The predicted octanol–water partition coefficient (Wildman–Crippen LogP) is 4.12. The van der Waals surface area contributed by atoms with Crippen molar-refractivity contribution < 1.29 is 23.0 Å². The van der Waals surface area contributed by atoms with Crippen molar-refractivity contribution >= 4 is 21.8 Å². The van der Waals surface area contributed by atoms with Gasteiger partial charge >= 0.3 is 0 Å². The maximum Gasteiger partial charge on any atom is 0.240 e. The van der Waals surface area contributed by atoms with Crippen molar-refractivity contribution in [1.82, 2.24) is 19.5 Å². The van der Waals surface area contributed by atoms with Gasteiger partial charge in [-0.05, 0) is 28.8 Å². The van der Waals surface area contributed by atoms with E-state index in [1.807, 2.05) is 60.1 Å². The number of aromatic nitrogens is 3. The minimum atomic E-state index is -3.60. The van der Waals surface area contributed by atoms with Gasteiger partial charge in [0.1, 0.15) is 6.33 Å². The molecule has 5 rings (SSSR count). The van der Waals surface area contributed by atoms with Crippen LogP contribution in [0.4, 0.5) is 0 Å². The normalized spacial score (nSPS) is 19.7. The fourth-order valence-electron chi connectivity index (χ4n) is 4.25. The average Bonchev–Trinajstić information content (AvgIpc) is 3.40. The van der Waals surface area contributed by atoms with Gasteiger partial charge in [0.05, 0.1) is 23.7 Å². The number of sulfonamides is 1. The second-order valence-corrected chi connectivity index (χ2v) is 12.0. The molecular formula is C28H30N4O5S2. The maximum absolute atomic E-state index is 12.6. The summed E-state index contributed by atoms with van der Waals surface area (Å²) in [5, 5.41) is 18.3. The minimum absolute atomic E-state index is 0.0115. The molecule has 1 aliphatic heterocycles. The molecule has 0 unspecified atom stereocenters. The van der Waals surface area contributed by atoms with Crippen LogP contribution in [0.5, 0.6) is 0 Å². The monoisotopic (exact) mass is 566 g/mol. The van der Waals surface area contributed by atoms with Gasteiger partial charge in [0, 0.05) is 31.3 Å². The van der Waals surface area contributed by atoms with Crippen LogP contribution in [0.15, 0.2) is 95.2 Å². The Hall–Kier alpha value is -3.06. The molecule has 0 amide bonds. The van der Waals surface area contributed by atoms with Gasteiger partial charge in [-0.2, -0.15) is 0 Å². The highest BCUT2D eigenvalue weighted by atomic mass is 32.2. The van der Waals surface area contributed by atoms with E-state index < -0.39 is 16.3 Å². The molecule has 4 aromatic rings. The molecule has 2 heterocycles. The summed E-state index contributed by atoms with van der Waals surface area (Å²) in [6, 6.07) is 23.6. The first-order valence-electron chi connectivity index (χ1n) is 12.5. The molecular weight excluding hydrogens is 536 g/mol. The van der Waals surface area contributed by atoms with E-state index in [0.717, 1.165) is 27.4 Å². The number of rotatable bonds is 10. The molecule has 0 aliphatic carbocycles. The smallest absolute Gasteiger partial charge is 0.240 e. The Morgan fingerprint density at radius 3 is 2.33 bits per heavy atom. The topological polar surface area (TPSA) is 116 Å². The number of aliphatic hydroxyl groups excluding tert-OH is 1. The Morgan fingerprint density at radius 2 is 1.67 bits per heavy atom. The lowest BCUT2D eigenvalue weighted by atomic mass is 10.0. The molecule has 1 aliphatic rings. The average molecular weight is 567 g/mol. The number of thioether (sulfide) groups is 1. The fraction of sp³-hybridized carbons (Fsp3) is 0.286. The number of benzene rings is 3. The van der Waals surface area contributed by atoms with E-state index in [4.69, 9.17) is 9.47 Å². The lowest BCUT2D eigenvalue weighted by Gasteiger charge is -2.36. The van der Waals surface area contributed by atoms with Crippen LogP contribution in [0.25, 0.3) is 0 Å². The third-order valence-corrected chi connectivity index (χ3v) is 9.04. The van der Waals surface area contributed by atoms with Crippen LogP contribution in [0.1, 0.15) is 41.1 Å². The number of hydrogen-bond acceptors (Lipinski definition) is 8. The molecule has 0 bridgehead atoms. The van der Waals surface area contributed by atoms with Crippen LogP contribution in [0, 0.1) is 0 Å². The van der Waals surface area contributed by atoms with Gasteiger partial charge in [-0.3, -0.25) is 0 Å². The van der Waals surface area contributed by atoms with Gasteiger partial charge in [-0.15, -0.1) is 10.2 Å². The van der Waals surface area contributed by atoms with Crippen molar-refractivity contribution in [3.63, 3.8) is 0 Å². The number of nitrogens with zero attached hydrogens (tertiary/aromatic N) is 3. The van der Waals surface area contributed by atoms with E-state index in [0.29, 0.717) is 12.2 Å². The fourth-order valence-corrected chi connectivity index (χ4v) is 6.19. The molecule has 0 spiro atoms. The second kappa shape index (κ2) is 12.4. The van der Waals surface area contributed by atoms with E-state index in [1.54, 1.807) is 48.4 Å². The predicted molar refractivity (Wildman–Crippen MR) is 147 cm³/mol. The second-order valence-electron chi connectivity index (χ2n) is 9.26. The first-order valence-corrected chi connectivity index (χ1v) is 15.0. The summed E-state index contributed by atoms with van der Waals surface area (Å²) < 4.78 is 42.4. The summed E-state index contributed by atoms with van der Waals surface area (Å²) in [5.41, 5.74) is 3.52. The number of aryl methyl sites for hydroxylation is 1. The van der Waals surface area contributed by atoms with Crippen molar-refractivity contribution in [3.8, 4) is 0 Å². The highest BCUT2D eigenvalue weighted by Crippen LogP contribution is 2.39. The molecule has 2 N–H and O–H groups in total. The molecule has 204 valence electrons. The third kappa shape index (κ3) is 6.93. The SMILES string of the molecule is Cn1cnnc1SC[C@H]1C[C@@H](c2ccc(CO)cc2)O[C@@H](c2ccc(CNS(=O)(=O)c3ccccc3)cc2)O1. The van der Waals surface area contributed by atoms with Crippen molar-refractivity contribution in [2.75, 3.05) is 5.75 Å². The van der Waals surface area contributed by atoms with E-state index in [2.05, 4.69) is 14.9 Å². The van der Waals surface area contributed by atoms with Crippen LogP contribution in [0.2, 0.25) is 0 Å². The lowest BCUT2D eigenvalue weighted by molar-refractivity contribution is -0.245. The molecule has 11 heteroatoms. The highest BCUT2D eigenvalue weighted by Gasteiger charge is 2.32. The van der Waals surface area contributed by atoms with Gasteiger partial charge < -0.3 is 19.1 Å². The van der Waals surface area contributed by atoms with Crippen molar-refractivity contribution in [2.24, 2.45) is 7.05 Å². The number of hydrogen-bond donors (Lipinski definition) is 2. The molecule has 1 saturated heterocycles. The quantitative estimate of drug-likeness (QED) is 0.276. The van der Waals surface area contributed by atoms with Gasteiger partial charge in [0.25, 0.3) is 0 Å². The molecule has 0 radical (unpaired) electrons. The van der Waals surface area contributed by atoms with Crippen LogP contribution in [0.3, 0.4) is 0 Å². The highest BCUT2D eigenvalue weighted by molar-refractivity contribution is 7.99. The van der Waals surface area contributed by atoms with Gasteiger partial charge in [-0.1, -0.05) is 78.5 Å². The summed E-state index contributed by atoms with van der Waals surface area (Å²) in [6.07, 6.45) is 1.44. The van der Waals surface area contributed by atoms with Crippen molar-refractivity contribution in [1.29, 1.82) is 0 Å². The van der Waals surface area contributed by atoms with Crippen molar-refractivity contribution in [2.45, 2.75) is 48.1 Å². The van der Waals surface area contributed by atoms with E-state index in [1.165, 1.54) is 0 Å². The van der Waals surface area contributed by atoms with Gasteiger partial charge in [0.15, 0.2) is 11.4 Å². The number of ether oxygens (including phenoxy) is 2. The molecule has 3 atom stereocenters. The van der Waals surface area contributed by atoms with E-state index in [-0.39, 0.29) is 30.3 Å². The van der Waals surface area contributed by atoms with Crippen LogP contribution >= 0.6 is 11.8 Å². The largest absolute Gasteiger partial charge is 0.392 e. The van der Waals surface area contributed by atoms with E-state index in [9.17, 15) is 13.5 Å². The van der Waals surface area contributed by atoms with Crippen LogP contribution in [-0.4, -0.2) is 40.1 Å². The Bertz CT molecular complexity index is 1460. The molecule has 9 nitrogen and oxygen atoms in total. The summed E-state index contributed by atoms with van der Waals surface area (Å²) in [7, 11) is -1.69.